The molecule has 1 saturated carbocycles. The van der Waals surface area contributed by atoms with Crippen molar-refractivity contribution in [3.63, 3.8) is 0 Å². The molecule has 1 amide bonds. The summed E-state index contributed by atoms with van der Waals surface area (Å²) >= 11 is 0. The summed E-state index contributed by atoms with van der Waals surface area (Å²) in [5.41, 5.74) is 2.42. The van der Waals surface area contributed by atoms with Gasteiger partial charge in [-0.05, 0) is 35.8 Å². The summed E-state index contributed by atoms with van der Waals surface area (Å²) in [6.45, 7) is 7.19. The zero-order chi connectivity index (χ0) is 15.5. The van der Waals surface area contributed by atoms with Crippen LogP contribution in [0, 0.1) is 0 Å². The Hall–Kier alpha value is -1.35. The van der Waals surface area contributed by atoms with Gasteiger partial charge in [-0.15, -0.1) is 0 Å². The number of amides is 1. The number of ether oxygens (including phenoxy) is 1. The summed E-state index contributed by atoms with van der Waals surface area (Å²) in [6.07, 6.45) is 3.63. The molecule has 1 aliphatic rings. The minimum atomic E-state index is -0.194. The fourth-order valence-electron chi connectivity index (χ4n) is 2.70. The van der Waals surface area contributed by atoms with Crippen LogP contribution in [0.25, 0.3) is 0 Å². The third kappa shape index (κ3) is 4.07. The van der Waals surface area contributed by atoms with Gasteiger partial charge in [-0.2, -0.15) is 0 Å². The van der Waals surface area contributed by atoms with Crippen LogP contribution in [0.4, 0.5) is 0 Å². The molecule has 0 aliphatic heterocycles. The number of carbonyl (C=O) groups is 1. The molecule has 0 radical (unpaired) electrons. The average molecular weight is 289 g/mol. The van der Waals surface area contributed by atoms with Gasteiger partial charge in [0.2, 0.25) is 5.91 Å². The summed E-state index contributed by atoms with van der Waals surface area (Å²) in [5.74, 6) is 0.0800. The van der Waals surface area contributed by atoms with E-state index in [-0.39, 0.29) is 16.9 Å². The number of rotatable bonds is 5. The van der Waals surface area contributed by atoms with Crippen LogP contribution in [0.1, 0.15) is 57.6 Å². The van der Waals surface area contributed by atoms with Crippen molar-refractivity contribution in [2.75, 3.05) is 7.11 Å². The molecule has 0 heterocycles. The van der Waals surface area contributed by atoms with Gasteiger partial charge in [0.05, 0.1) is 12.0 Å². The van der Waals surface area contributed by atoms with Gasteiger partial charge in [0.15, 0.2) is 0 Å². The van der Waals surface area contributed by atoms with E-state index in [9.17, 15) is 4.79 Å². The van der Waals surface area contributed by atoms with E-state index in [4.69, 9.17) is 4.74 Å². The van der Waals surface area contributed by atoms with E-state index in [1.807, 2.05) is 0 Å². The third-order valence-electron chi connectivity index (χ3n) is 4.49. The van der Waals surface area contributed by atoms with E-state index >= 15 is 0 Å². The lowest BCUT2D eigenvalue weighted by molar-refractivity contribution is -0.134. The SMILES string of the molecule is COC1(CC(=O)NCc2ccc(C(C)(C)C)cc2)CCC1. The first-order chi connectivity index (χ1) is 9.85. The largest absolute Gasteiger partial charge is 0.378 e. The number of carbonyl (C=O) groups excluding carboxylic acids is 1. The van der Waals surface area contributed by atoms with Crippen LogP contribution >= 0.6 is 0 Å². The Balaban J connectivity index is 1.84. The minimum absolute atomic E-state index is 0.0800. The Morgan fingerprint density at radius 3 is 2.29 bits per heavy atom. The molecule has 1 aliphatic carbocycles. The molecule has 0 bridgehead atoms. The average Bonchev–Trinajstić information content (AvgIpc) is 2.40. The highest BCUT2D eigenvalue weighted by molar-refractivity contribution is 5.77. The van der Waals surface area contributed by atoms with Crippen LogP contribution < -0.4 is 5.32 Å². The highest BCUT2D eigenvalue weighted by Crippen LogP contribution is 2.37. The standard InChI is InChI=1S/C18H27NO2/c1-17(2,3)15-8-6-14(7-9-15)13-19-16(20)12-18(21-4)10-5-11-18/h6-9H,5,10-13H2,1-4H3,(H,19,20). The van der Waals surface area contributed by atoms with Crippen LogP contribution in [0.5, 0.6) is 0 Å². The predicted octanol–water partition coefficient (Wildman–Crippen LogP) is 3.56. The molecule has 2 rings (SSSR count). The van der Waals surface area contributed by atoms with Crippen LogP contribution in [0.2, 0.25) is 0 Å². The number of nitrogens with one attached hydrogen (secondary N) is 1. The molecular formula is C18H27NO2. The fourth-order valence-corrected chi connectivity index (χ4v) is 2.70. The first kappa shape index (κ1) is 16.0. The molecule has 0 atom stereocenters. The third-order valence-corrected chi connectivity index (χ3v) is 4.49. The molecule has 0 spiro atoms. The van der Waals surface area contributed by atoms with Gasteiger partial charge >= 0.3 is 0 Å². The second-order valence-corrected chi connectivity index (χ2v) is 7.14. The molecule has 1 aromatic rings. The summed E-state index contributed by atoms with van der Waals surface area (Å²) in [6, 6.07) is 8.47. The summed E-state index contributed by atoms with van der Waals surface area (Å²) < 4.78 is 5.49. The van der Waals surface area contributed by atoms with Crippen molar-refractivity contribution in [2.24, 2.45) is 0 Å². The number of hydrogen-bond acceptors (Lipinski definition) is 2. The summed E-state index contributed by atoms with van der Waals surface area (Å²) in [7, 11) is 1.71. The molecule has 116 valence electrons. The van der Waals surface area contributed by atoms with Gasteiger partial charge in [-0.3, -0.25) is 4.79 Å². The molecule has 1 fully saturated rings. The number of benzene rings is 1. The molecule has 3 nitrogen and oxygen atoms in total. The first-order valence-electron chi connectivity index (χ1n) is 7.76. The van der Waals surface area contributed by atoms with E-state index in [2.05, 4.69) is 50.4 Å². The Morgan fingerprint density at radius 1 is 1.24 bits per heavy atom. The summed E-state index contributed by atoms with van der Waals surface area (Å²) in [4.78, 5) is 12.0. The van der Waals surface area contributed by atoms with Crippen molar-refractivity contribution in [3.8, 4) is 0 Å². The number of hydrogen-bond donors (Lipinski definition) is 1. The van der Waals surface area contributed by atoms with Crippen molar-refractivity contribution in [3.05, 3.63) is 35.4 Å². The zero-order valence-corrected chi connectivity index (χ0v) is 13.7. The minimum Gasteiger partial charge on any atom is -0.378 e. The Kier molecular flexibility index (Phi) is 4.72. The lowest BCUT2D eigenvalue weighted by Crippen LogP contribution is -2.43. The molecule has 0 aromatic heterocycles. The van der Waals surface area contributed by atoms with E-state index < -0.39 is 0 Å². The van der Waals surface area contributed by atoms with Crippen molar-refractivity contribution < 1.29 is 9.53 Å². The molecule has 21 heavy (non-hydrogen) atoms. The van der Waals surface area contributed by atoms with Crippen LogP contribution in [-0.4, -0.2) is 18.6 Å². The molecular weight excluding hydrogens is 262 g/mol. The zero-order valence-electron chi connectivity index (χ0n) is 13.7. The maximum atomic E-state index is 12.0. The Morgan fingerprint density at radius 2 is 1.86 bits per heavy atom. The van der Waals surface area contributed by atoms with Gasteiger partial charge in [-0.1, -0.05) is 45.0 Å². The van der Waals surface area contributed by atoms with Gasteiger partial charge in [-0.25, -0.2) is 0 Å². The van der Waals surface area contributed by atoms with Gasteiger partial charge < -0.3 is 10.1 Å². The maximum Gasteiger partial charge on any atom is 0.223 e. The fraction of sp³-hybridized carbons (Fsp3) is 0.611. The van der Waals surface area contributed by atoms with Crippen molar-refractivity contribution in [2.45, 2.75) is 64.0 Å². The molecule has 0 saturated heterocycles. The number of methoxy groups -OCH3 is 1. The first-order valence-corrected chi connectivity index (χ1v) is 7.76. The smallest absolute Gasteiger partial charge is 0.223 e. The van der Waals surface area contributed by atoms with Crippen LogP contribution in [0.15, 0.2) is 24.3 Å². The molecule has 3 heteroatoms. The highest BCUT2D eigenvalue weighted by Gasteiger charge is 2.38. The Bertz CT molecular complexity index is 475. The molecule has 1 aromatic carbocycles. The predicted molar refractivity (Wildman–Crippen MR) is 85.2 cm³/mol. The van der Waals surface area contributed by atoms with E-state index in [1.54, 1.807) is 7.11 Å². The van der Waals surface area contributed by atoms with E-state index in [0.717, 1.165) is 24.8 Å². The lowest BCUT2D eigenvalue weighted by Gasteiger charge is -2.39. The van der Waals surface area contributed by atoms with E-state index in [1.165, 1.54) is 5.56 Å². The van der Waals surface area contributed by atoms with Crippen molar-refractivity contribution in [1.29, 1.82) is 0 Å². The highest BCUT2D eigenvalue weighted by atomic mass is 16.5. The monoisotopic (exact) mass is 289 g/mol. The van der Waals surface area contributed by atoms with Crippen LogP contribution in [0.3, 0.4) is 0 Å². The second kappa shape index (κ2) is 6.18. The molecule has 0 unspecified atom stereocenters. The molecule has 1 N–H and O–H groups in total. The van der Waals surface area contributed by atoms with Crippen molar-refractivity contribution in [1.82, 2.24) is 5.32 Å². The maximum absolute atomic E-state index is 12.0. The quantitative estimate of drug-likeness (QED) is 0.900. The normalized spacial score (nSPS) is 17.1. The lowest BCUT2D eigenvalue weighted by atomic mass is 9.77. The second-order valence-electron chi connectivity index (χ2n) is 7.14. The Labute approximate surface area is 128 Å². The van der Waals surface area contributed by atoms with Gasteiger partial charge in [0.25, 0.3) is 0 Å². The van der Waals surface area contributed by atoms with Crippen LogP contribution in [-0.2, 0) is 21.5 Å². The topological polar surface area (TPSA) is 38.3 Å². The van der Waals surface area contributed by atoms with Gasteiger partial charge in [0.1, 0.15) is 0 Å². The van der Waals surface area contributed by atoms with E-state index in [0.29, 0.717) is 13.0 Å². The van der Waals surface area contributed by atoms with Gasteiger partial charge in [0, 0.05) is 13.7 Å². The summed E-state index contributed by atoms with van der Waals surface area (Å²) in [5, 5.41) is 3.00. The van der Waals surface area contributed by atoms with Crippen molar-refractivity contribution >= 4 is 5.91 Å².